The Morgan fingerprint density at radius 1 is 1.21 bits per heavy atom. The molecule has 0 bridgehead atoms. The lowest BCUT2D eigenvalue weighted by atomic mass is 9.96. The fraction of sp³-hybridized carbons (Fsp3) is 0.389. The fourth-order valence-corrected chi connectivity index (χ4v) is 2.22. The molecule has 1 aromatic carbocycles. The third-order valence-corrected chi connectivity index (χ3v) is 3.58. The Morgan fingerprint density at radius 3 is 2.42 bits per heavy atom. The van der Waals surface area contributed by atoms with Crippen LogP contribution in [0.1, 0.15) is 43.8 Å². The molecule has 6 heteroatoms. The minimum Gasteiger partial charge on any atom is -0.387 e. The zero-order chi connectivity index (χ0) is 17.7. The molecule has 1 aromatic heterocycles. The smallest absolute Gasteiger partial charge is 0.319 e. The Bertz CT molecular complexity index is 693. The van der Waals surface area contributed by atoms with E-state index < -0.39 is 12.1 Å². The van der Waals surface area contributed by atoms with Gasteiger partial charge >= 0.3 is 6.03 Å². The maximum absolute atomic E-state index is 11.9. The van der Waals surface area contributed by atoms with Crippen molar-refractivity contribution in [2.45, 2.75) is 39.2 Å². The van der Waals surface area contributed by atoms with Crippen LogP contribution in [0.3, 0.4) is 0 Å². The molecule has 0 spiro atoms. The Hall–Kier alpha value is -2.47. The third kappa shape index (κ3) is 4.76. The number of aryl methyl sites for hydroxylation is 1. The van der Waals surface area contributed by atoms with Gasteiger partial charge in [-0.15, -0.1) is 0 Å². The molecule has 2 amide bonds. The largest absolute Gasteiger partial charge is 0.387 e. The minimum atomic E-state index is -0.753. The van der Waals surface area contributed by atoms with Gasteiger partial charge in [-0.1, -0.05) is 45.0 Å². The van der Waals surface area contributed by atoms with Gasteiger partial charge in [0.2, 0.25) is 0 Å². The summed E-state index contributed by atoms with van der Waals surface area (Å²) in [6.45, 7) is 8.11. The summed E-state index contributed by atoms with van der Waals surface area (Å²) < 4.78 is 0. The van der Waals surface area contributed by atoms with Crippen LogP contribution in [0.25, 0.3) is 0 Å². The standard InChI is InChI=1S/C18H24N4O2/c1-12-7-5-6-8-14(12)15(23)11-21-17(24)22-13-9-19-16(20-10-13)18(2,3)4/h5-10,15,23H,11H2,1-4H3,(H2,21,22,24). The quantitative estimate of drug-likeness (QED) is 0.805. The second kappa shape index (κ2) is 7.40. The molecule has 0 aliphatic carbocycles. The molecule has 128 valence electrons. The molecule has 0 saturated heterocycles. The van der Waals surface area contributed by atoms with Gasteiger partial charge in [-0.2, -0.15) is 0 Å². The lowest BCUT2D eigenvalue weighted by molar-refractivity contribution is 0.174. The molecule has 2 rings (SSSR count). The first-order valence-corrected chi connectivity index (χ1v) is 7.88. The van der Waals surface area contributed by atoms with E-state index in [0.717, 1.165) is 11.1 Å². The molecule has 0 fully saturated rings. The lowest BCUT2D eigenvalue weighted by Crippen LogP contribution is -2.32. The highest BCUT2D eigenvalue weighted by Gasteiger charge is 2.17. The molecule has 0 aliphatic rings. The van der Waals surface area contributed by atoms with E-state index in [1.807, 2.05) is 52.0 Å². The molecule has 0 saturated carbocycles. The lowest BCUT2D eigenvalue weighted by Gasteiger charge is -2.17. The number of hydrogen-bond acceptors (Lipinski definition) is 4. The van der Waals surface area contributed by atoms with Crippen LogP contribution in [0, 0.1) is 6.92 Å². The van der Waals surface area contributed by atoms with Gasteiger partial charge in [0.1, 0.15) is 5.82 Å². The predicted octanol–water partition coefficient (Wildman–Crippen LogP) is 2.94. The number of aliphatic hydroxyl groups excluding tert-OH is 1. The minimum absolute atomic E-state index is 0.123. The van der Waals surface area contributed by atoms with Crippen LogP contribution in [0.15, 0.2) is 36.7 Å². The van der Waals surface area contributed by atoms with Crippen molar-refractivity contribution in [1.29, 1.82) is 0 Å². The van der Waals surface area contributed by atoms with E-state index in [2.05, 4.69) is 20.6 Å². The van der Waals surface area contributed by atoms with Gasteiger partial charge in [0.25, 0.3) is 0 Å². The van der Waals surface area contributed by atoms with E-state index in [1.54, 1.807) is 12.4 Å². The molecular weight excluding hydrogens is 304 g/mol. The molecule has 1 unspecified atom stereocenters. The molecule has 2 aromatic rings. The number of aromatic nitrogens is 2. The molecular formula is C18H24N4O2. The average molecular weight is 328 g/mol. The van der Waals surface area contributed by atoms with Crippen molar-refractivity contribution in [2.24, 2.45) is 0 Å². The fourth-order valence-electron chi connectivity index (χ4n) is 2.22. The summed E-state index contributed by atoms with van der Waals surface area (Å²) in [7, 11) is 0. The number of rotatable bonds is 4. The SMILES string of the molecule is Cc1ccccc1C(O)CNC(=O)Nc1cnc(C(C)(C)C)nc1. The number of anilines is 1. The van der Waals surface area contributed by atoms with Crippen LogP contribution >= 0.6 is 0 Å². The van der Waals surface area contributed by atoms with Crippen molar-refractivity contribution in [3.05, 3.63) is 53.6 Å². The van der Waals surface area contributed by atoms with Crippen molar-refractivity contribution in [1.82, 2.24) is 15.3 Å². The van der Waals surface area contributed by atoms with Crippen molar-refractivity contribution in [2.75, 3.05) is 11.9 Å². The first kappa shape index (κ1) is 17.9. The van der Waals surface area contributed by atoms with Gasteiger partial charge in [-0.25, -0.2) is 14.8 Å². The van der Waals surface area contributed by atoms with E-state index in [1.165, 1.54) is 0 Å². The van der Waals surface area contributed by atoms with Crippen LogP contribution in [-0.4, -0.2) is 27.7 Å². The number of hydrogen-bond donors (Lipinski definition) is 3. The second-order valence-corrected chi connectivity index (χ2v) is 6.75. The first-order valence-electron chi connectivity index (χ1n) is 7.88. The normalized spacial score (nSPS) is 12.5. The van der Waals surface area contributed by atoms with Crippen molar-refractivity contribution in [3.63, 3.8) is 0 Å². The topological polar surface area (TPSA) is 87.1 Å². The van der Waals surface area contributed by atoms with E-state index >= 15 is 0 Å². The molecule has 24 heavy (non-hydrogen) atoms. The van der Waals surface area contributed by atoms with Crippen LogP contribution < -0.4 is 10.6 Å². The Kier molecular flexibility index (Phi) is 5.51. The van der Waals surface area contributed by atoms with Gasteiger partial charge in [-0.05, 0) is 18.1 Å². The van der Waals surface area contributed by atoms with Gasteiger partial charge in [-0.3, -0.25) is 0 Å². The van der Waals surface area contributed by atoms with Gasteiger partial charge < -0.3 is 15.7 Å². The number of amides is 2. The summed E-state index contributed by atoms with van der Waals surface area (Å²) in [6.07, 6.45) is 2.40. The molecule has 1 heterocycles. The number of aliphatic hydroxyl groups is 1. The molecule has 0 radical (unpaired) electrons. The number of benzene rings is 1. The Labute approximate surface area is 142 Å². The van der Waals surface area contributed by atoms with Crippen molar-refractivity contribution < 1.29 is 9.90 Å². The highest BCUT2D eigenvalue weighted by molar-refractivity contribution is 5.88. The summed E-state index contributed by atoms with van der Waals surface area (Å²) in [6, 6.07) is 7.13. The van der Waals surface area contributed by atoms with Crippen molar-refractivity contribution in [3.8, 4) is 0 Å². The highest BCUT2D eigenvalue weighted by Crippen LogP contribution is 2.18. The summed E-state index contributed by atoms with van der Waals surface area (Å²) >= 11 is 0. The molecule has 1 atom stereocenters. The van der Waals surface area contributed by atoms with Crippen LogP contribution in [-0.2, 0) is 5.41 Å². The summed E-state index contributed by atoms with van der Waals surface area (Å²) in [4.78, 5) is 20.4. The monoisotopic (exact) mass is 328 g/mol. The molecule has 0 aliphatic heterocycles. The van der Waals surface area contributed by atoms with E-state index in [9.17, 15) is 9.90 Å². The molecule has 6 nitrogen and oxygen atoms in total. The van der Waals surface area contributed by atoms with Crippen LogP contribution in [0.2, 0.25) is 0 Å². The van der Waals surface area contributed by atoms with Crippen LogP contribution in [0.5, 0.6) is 0 Å². The number of nitrogens with zero attached hydrogens (tertiary/aromatic N) is 2. The highest BCUT2D eigenvalue weighted by atomic mass is 16.3. The number of nitrogens with one attached hydrogen (secondary N) is 2. The predicted molar refractivity (Wildman–Crippen MR) is 93.9 cm³/mol. The zero-order valence-electron chi connectivity index (χ0n) is 14.5. The molecule has 3 N–H and O–H groups in total. The van der Waals surface area contributed by atoms with E-state index in [-0.39, 0.29) is 12.0 Å². The second-order valence-electron chi connectivity index (χ2n) is 6.75. The van der Waals surface area contributed by atoms with E-state index in [0.29, 0.717) is 11.5 Å². The number of carbonyl (C=O) groups excluding carboxylic acids is 1. The van der Waals surface area contributed by atoms with Gasteiger partial charge in [0.05, 0.1) is 24.2 Å². The summed E-state index contributed by atoms with van der Waals surface area (Å²) in [5.41, 5.74) is 2.15. The zero-order valence-corrected chi connectivity index (χ0v) is 14.5. The Balaban J connectivity index is 1.88. The Morgan fingerprint density at radius 2 is 1.83 bits per heavy atom. The maximum atomic E-state index is 11.9. The number of urea groups is 1. The van der Waals surface area contributed by atoms with Gasteiger partial charge in [0, 0.05) is 12.0 Å². The average Bonchev–Trinajstić information content (AvgIpc) is 2.53. The van der Waals surface area contributed by atoms with Gasteiger partial charge in [0.15, 0.2) is 0 Å². The maximum Gasteiger partial charge on any atom is 0.319 e. The van der Waals surface area contributed by atoms with Crippen molar-refractivity contribution >= 4 is 11.7 Å². The third-order valence-electron chi connectivity index (χ3n) is 3.58. The number of carbonyl (C=O) groups is 1. The van der Waals surface area contributed by atoms with Crippen LogP contribution in [0.4, 0.5) is 10.5 Å². The summed E-state index contributed by atoms with van der Waals surface area (Å²) in [5, 5.41) is 15.5. The first-order chi connectivity index (χ1) is 11.3. The summed E-state index contributed by atoms with van der Waals surface area (Å²) in [5.74, 6) is 0.712. The van der Waals surface area contributed by atoms with E-state index in [4.69, 9.17) is 0 Å².